The molecule has 0 aliphatic heterocycles. The van der Waals surface area contributed by atoms with Crippen LogP contribution in [0.25, 0.3) is 11.4 Å². The normalized spacial score (nSPS) is 10.4. The van der Waals surface area contributed by atoms with E-state index in [4.69, 9.17) is 14.6 Å². The fourth-order valence-electron chi connectivity index (χ4n) is 2.27. The number of aromatic nitrogens is 2. The van der Waals surface area contributed by atoms with E-state index in [0.717, 1.165) is 11.4 Å². The molecule has 0 atom stereocenters. The van der Waals surface area contributed by atoms with Crippen molar-refractivity contribution in [3.8, 4) is 22.9 Å². The number of ether oxygens (including phenoxy) is 2. The number of methoxy groups -OCH3 is 2. The second kappa shape index (κ2) is 6.30. The summed E-state index contributed by atoms with van der Waals surface area (Å²) in [5.41, 5.74) is 1.53. The van der Waals surface area contributed by atoms with E-state index in [2.05, 4.69) is 4.98 Å². The third-order valence-corrected chi connectivity index (χ3v) is 3.23. The Morgan fingerprint density at radius 1 is 1.29 bits per heavy atom. The lowest BCUT2D eigenvalue weighted by Crippen LogP contribution is -2.08. The first kappa shape index (κ1) is 14.9. The minimum Gasteiger partial charge on any atom is -0.493 e. The van der Waals surface area contributed by atoms with Gasteiger partial charge in [-0.1, -0.05) is 0 Å². The second-order valence-corrected chi connectivity index (χ2v) is 4.46. The van der Waals surface area contributed by atoms with E-state index in [-0.39, 0.29) is 6.42 Å². The predicted octanol–water partition coefficient (Wildman–Crippen LogP) is 2.21. The molecule has 1 aromatic heterocycles. The van der Waals surface area contributed by atoms with Crippen molar-refractivity contribution in [2.45, 2.75) is 19.9 Å². The van der Waals surface area contributed by atoms with Crippen LogP contribution in [0.2, 0.25) is 0 Å². The maximum atomic E-state index is 10.9. The Morgan fingerprint density at radius 3 is 2.57 bits per heavy atom. The predicted molar refractivity (Wildman–Crippen MR) is 77.8 cm³/mol. The first-order valence-corrected chi connectivity index (χ1v) is 6.59. The average molecular weight is 290 g/mol. The molecule has 0 saturated heterocycles. The van der Waals surface area contributed by atoms with Gasteiger partial charge >= 0.3 is 5.97 Å². The highest BCUT2D eigenvalue weighted by Gasteiger charge is 2.15. The van der Waals surface area contributed by atoms with Gasteiger partial charge in [-0.2, -0.15) is 0 Å². The fraction of sp³-hybridized carbons (Fsp3) is 0.333. The highest BCUT2D eigenvalue weighted by Crippen LogP contribution is 2.32. The number of aliphatic carboxylic acids is 1. The van der Waals surface area contributed by atoms with Gasteiger partial charge in [-0.3, -0.25) is 4.79 Å². The summed E-state index contributed by atoms with van der Waals surface area (Å²) in [5.74, 6) is 1.10. The minimum atomic E-state index is -0.872. The first-order valence-electron chi connectivity index (χ1n) is 6.59. The molecule has 112 valence electrons. The third kappa shape index (κ3) is 2.99. The Kier molecular flexibility index (Phi) is 4.47. The fourth-order valence-corrected chi connectivity index (χ4v) is 2.27. The molecule has 0 saturated carbocycles. The van der Waals surface area contributed by atoms with Gasteiger partial charge in [0.2, 0.25) is 0 Å². The quantitative estimate of drug-likeness (QED) is 0.883. The van der Waals surface area contributed by atoms with E-state index >= 15 is 0 Å². The van der Waals surface area contributed by atoms with E-state index in [1.165, 1.54) is 0 Å². The van der Waals surface area contributed by atoms with Crippen LogP contribution in [-0.2, 0) is 17.8 Å². The van der Waals surface area contributed by atoms with Gasteiger partial charge in [0.05, 0.1) is 20.6 Å². The molecule has 0 radical (unpaired) electrons. The molecule has 0 fully saturated rings. The number of carboxylic acid groups (broad SMARTS) is 1. The van der Waals surface area contributed by atoms with Gasteiger partial charge in [0, 0.05) is 24.0 Å². The van der Waals surface area contributed by atoms with Crippen molar-refractivity contribution in [2.75, 3.05) is 14.2 Å². The maximum absolute atomic E-state index is 10.9. The summed E-state index contributed by atoms with van der Waals surface area (Å²) in [6.45, 7) is 2.60. The lowest BCUT2D eigenvalue weighted by molar-refractivity contribution is -0.136. The molecule has 6 heteroatoms. The SMILES string of the molecule is CCn1c(CC(=O)O)cnc1-c1ccc(OC)c(OC)c1. The lowest BCUT2D eigenvalue weighted by Gasteiger charge is -2.11. The highest BCUT2D eigenvalue weighted by atomic mass is 16.5. The van der Waals surface area contributed by atoms with Crippen LogP contribution in [0.3, 0.4) is 0 Å². The van der Waals surface area contributed by atoms with Gasteiger partial charge in [0.1, 0.15) is 5.82 Å². The summed E-state index contributed by atoms with van der Waals surface area (Å²) >= 11 is 0. The molecule has 1 aromatic carbocycles. The van der Waals surface area contributed by atoms with Crippen molar-refractivity contribution in [1.82, 2.24) is 9.55 Å². The van der Waals surface area contributed by atoms with Crippen LogP contribution < -0.4 is 9.47 Å². The van der Waals surface area contributed by atoms with Crippen LogP contribution in [0.15, 0.2) is 24.4 Å². The molecule has 0 aliphatic rings. The van der Waals surface area contributed by atoms with Gasteiger partial charge < -0.3 is 19.1 Å². The minimum absolute atomic E-state index is 0.0475. The van der Waals surface area contributed by atoms with Crippen LogP contribution in [-0.4, -0.2) is 34.8 Å². The number of rotatable bonds is 6. The number of nitrogens with zero attached hydrogens (tertiary/aromatic N) is 2. The summed E-state index contributed by atoms with van der Waals surface area (Å²) in [6.07, 6.45) is 1.55. The molecule has 2 aromatic rings. The summed E-state index contributed by atoms with van der Waals surface area (Å²) in [5, 5.41) is 8.94. The Hall–Kier alpha value is -2.50. The summed E-state index contributed by atoms with van der Waals surface area (Å²) < 4.78 is 12.4. The first-order chi connectivity index (χ1) is 10.1. The molecule has 1 N–H and O–H groups in total. The van der Waals surface area contributed by atoms with E-state index in [1.807, 2.05) is 23.6 Å². The van der Waals surface area contributed by atoms with Gasteiger partial charge in [-0.15, -0.1) is 0 Å². The van der Waals surface area contributed by atoms with Crippen molar-refractivity contribution in [3.05, 3.63) is 30.1 Å². The van der Waals surface area contributed by atoms with Crippen molar-refractivity contribution in [2.24, 2.45) is 0 Å². The third-order valence-electron chi connectivity index (χ3n) is 3.23. The zero-order chi connectivity index (χ0) is 15.4. The smallest absolute Gasteiger partial charge is 0.309 e. The molecule has 0 amide bonds. The van der Waals surface area contributed by atoms with Crippen LogP contribution >= 0.6 is 0 Å². The molecular formula is C15H18N2O4. The molecule has 0 aliphatic carbocycles. The number of carboxylic acids is 1. The molecule has 0 unspecified atom stereocenters. The van der Waals surface area contributed by atoms with Crippen LogP contribution in [0.4, 0.5) is 0 Å². The standard InChI is InChI=1S/C15H18N2O4/c1-4-17-11(8-14(18)19)9-16-15(17)10-5-6-12(20-2)13(7-10)21-3/h5-7,9H,4,8H2,1-3H3,(H,18,19). The van der Waals surface area contributed by atoms with Crippen molar-refractivity contribution >= 4 is 5.97 Å². The molecule has 2 rings (SSSR count). The molecule has 1 heterocycles. The zero-order valence-corrected chi connectivity index (χ0v) is 12.3. The largest absolute Gasteiger partial charge is 0.493 e. The Labute approximate surface area is 122 Å². The van der Waals surface area contributed by atoms with Gasteiger partial charge in [0.25, 0.3) is 0 Å². The van der Waals surface area contributed by atoms with E-state index in [1.54, 1.807) is 26.5 Å². The van der Waals surface area contributed by atoms with Crippen LogP contribution in [0, 0.1) is 0 Å². The highest BCUT2D eigenvalue weighted by molar-refractivity contribution is 5.70. The van der Waals surface area contributed by atoms with Gasteiger partial charge in [0.15, 0.2) is 11.5 Å². The topological polar surface area (TPSA) is 73.6 Å². The zero-order valence-electron chi connectivity index (χ0n) is 12.3. The van der Waals surface area contributed by atoms with Crippen LogP contribution in [0.1, 0.15) is 12.6 Å². The second-order valence-electron chi connectivity index (χ2n) is 4.46. The van der Waals surface area contributed by atoms with E-state index in [0.29, 0.717) is 23.7 Å². The van der Waals surface area contributed by atoms with E-state index in [9.17, 15) is 4.79 Å². The number of carbonyl (C=O) groups is 1. The number of hydrogen-bond acceptors (Lipinski definition) is 4. The lowest BCUT2D eigenvalue weighted by atomic mass is 10.2. The number of hydrogen-bond donors (Lipinski definition) is 1. The van der Waals surface area contributed by atoms with Crippen molar-refractivity contribution in [1.29, 1.82) is 0 Å². The maximum Gasteiger partial charge on any atom is 0.309 e. The monoisotopic (exact) mass is 290 g/mol. The Balaban J connectivity index is 2.46. The van der Waals surface area contributed by atoms with Crippen molar-refractivity contribution < 1.29 is 19.4 Å². The van der Waals surface area contributed by atoms with E-state index < -0.39 is 5.97 Å². The average Bonchev–Trinajstić information content (AvgIpc) is 2.88. The number of imidazole rings is 1. The molecule has 6 nitrogen and oxygen atoms in total. The van der Waals surface area contributed by atoms with Crippen molar-refractivity contribution in [3.63, 3.8) is 0 Å². The molecule has 21 heavy (non-hydrogen) atoms. The number of benzene rings is 1. The molecule has 0 spiro atoms. The van der Waals surface area contributed by atoms with Gasteiger partial charge in [-0.25, -0.2) is 4.98 Å². The van der Waals surface area contributed by atoms with Gasteiger partial charge in [-0.05, 0) is 25.1 Å². The summed E-state index contributed by atoms with van der Waals surface area (Å²) in [6, 6.07) is 5.51. The molecule has 0 bridgehead atoms. The van der Waals surface area contributed by atoms with Crippen LogP contribution in [0.5, 0.6) is 11.5 Å². The Morgan fingerprint density at radius 2 is 2.00 bits per heavy atom. The Bertz CT molecular complexity index is 649. The summed E-state index contributed by atoms with van der Waals surface area (Å²) in [4.78, 5) is 15.2. The summed E-state index contributed by atoms with van der Waals surface area (Å²) in [7, 11) is 3.15. The molecular weight excluding hydrogens is 272 g/mol.